The van der Waals surface area contributed by atoms with Crippen molar-refractivity contribution >= 4 is 35.8 Å². The van der Waals surface area contributed by atoms with Crippen LogP contribution < -0.4 is 15.4 Å². The van der Waals surface area contributed by atoms with Gasteiger partial charge in [0, 0.05) is 44.0 Å². The van der Waals surface area contributed by atoms with Gasteiger partial charge in [0.15, 0.2) is 5.96 Å². The first-order valence-corrected chi connectivity index (χ1v) is 10.2. The second-order valence-electron chi connectivity index (χ2n) is 6.97. The molecule has 2 aromatic rings. The molecule has 1 saturated heterocycles. The Hall–Kier alpha value is -2.34. The Bertz CT molecular complexity index is 855. The van der Waals surface area contributed by atoms with Crippen molar-refractivity contribution in [2.24, 2.45) is 12.0 Å². The summed E-state index contributed by atoms with van der Waals surface area (Å²) < 4.78 is 12.8. The normalized spacial score (nSPS) is 16.4. The van der Waals surface area contributed by atoms with Gasteiger partial charge in [-0.05, 0) is 31.2 Å². The molecule has 0 spiro atoms. The molecular weight excluding hydrogens is 511 g/mol. The van der Waals surface area contributed by atoms with E-state index in [0.29, 0.717) is 31.8 Å². The SMILES string of the molecule is CCNC(=NCCNC(=O)c1ccc(OC)cc1)N1CCOC(c2cnn(C)c2)C1.I. The monoisotopic (exact) mass is 542 g/mol. The molecule has 10 heteroatoms. The van der Waals surface area contributed by atoms with E-state index < -0.39 is 0 Å². The summed E-state index contributed by atoms with van der Waals surface area (Å²) in [5, 5.41) is 10.5. The number of nitrogens with zero attached hydrogens (tertiary/aromatic N) is 4. The summed E-state index contributed by atoms with van der Waals surface area (Å²) in [6.45, 7) is 5.84. The summed E-state index contributed by atoms with van der Waals surface area (Å²) in [6.07, 6.45) is 3.78. The number of aliphatic imine (C=N–C) groups is 1. The molecule has 1 aliphatic rings. The molecule has 1 amide bonds. The van der Waals surface area contributed by atoms with Crippen LogP contribution in [0.25, 0.3) is 0 Å². The van der Waals surface area contributed by atoms with Gasteiger partial charge in [0.25, 0.3) is 5.91 Å². The number of ether oxygens (including phenoxy) is 2. The molecule has 1 aliphatic heterocycles. The van der Waals surface area contributed by atoms with Crippen molar-refractivity contribution in [1.29, 1.82) is 0 Å². The van der Waals surface area contributed by atoms with Crippen molar-refractivity contribution in [3.8, 4) is 5.75 Å². The Morgan fingerprint density at radius 2 is 2.10 bits per heavy atom. The smallest absolute Gasteiger partial charge is 0.251 e. The number of carbonyl (C=O) groups excluding carboxylic acids is 1. The minimum absolute atomic E-state index is 0. The molecule has 0 bridgehead atoms. The van der Waals surface area contributed by atoms with E-state index >= 15 is 0 Å². The molecule has 2 N–H and O–H groups in total. The van der Waals surface area contributed by atoms with Crippen molar-refractivity contribution in [3.63, 3.8) is 0 Å². The summed E-state index contributed by atoms with van der Waals surface area (Å²) in [6, 6.07) is 7.03. The van der Waals surface area contributed by atoms with Crippen molar-refractivity contribution < 1.29 is 14.3 Å². The average Bonchev–Trinajstić information content (AvgIpc) is 3.22. The van der Waals surface area contributed by atoms with E-state index in [9.17, 15) is 4.79 Å². The summed E-state index contributed by atoms with van der Waals surface area (Å²) in [4.78, 5) is 19.1. The Labute approximate surface area is 200 Å². The van der Waals surface area contributed by atoms with Gasteiger partial charge < -0.3 is 25.0 Å². The second kappa shape index (κ2) is 12.5. The molecule has 9 nitrogen and oxygen atoms in total. The number of carbonyl (C=O) groups is 1. The minimum atomic E-state index is -0.124. The maximum absolute atomic E-state index is 12.3. The van der Waals surface area contributed by atoms with Crippen molar-refractivity contribution in [3.05, 3.63) is 47.8 Å². The number of halogens is 1. The van der Waals surface area contributed by atoms with E-state index in [4.69, 9.17) is 9.47 Å². The summed E-state index contributed by atoms with van der Waals surface area (Å²) in [5.74, 6) is 1.43. The first kappa shape index (κ1) is 24.9. The van der Waals surface area contributed by atoms with E-state index in [0.717, 1.165) is 30.4 Å². The Morgan fingerprint density at radius 3 is 2.74 bits per heavy atom. The zero-order valence-electron chi connectivity index (χ0n) is 18.2. The number of amides is 1. The molecule has 1 unspecified atom stereocenters. The zero-order valence-corrected chi connectivity index (χ0v) is 20.5. The van der Waals surface area contributed by atoms with E-state index in [1.54, 1.807) is 36.1 Å². The highest BCUT2D eigenvalue weighted by molar-refractivity contribution is 14.0. The van der Waals surface area contributed by atoms with E-state index in [1.807, 2.05) is 26.4 Å². The van der Waals surface area contributed by atoms with Crippen molar-refractivity contribution in [2.45, 2.75) is 13.0 Å². The van der Waals surface area contributed by atoms with Gasteiger partial charge in [0.05, 0.1) is 33.0 Å². The van der Waals surface area contributed by atoms with Crippen LogP contribution in [0.4, 0.5) is 0 Å². The lowest BCUT2D eigenvalue weighted by atomic mass is 10.1. The zero-order chi connectivity index (χ0) is 21.3. The average molecular weight is 542 g/mol. The van der Waals surface area contributed by atoms with Crippen molar-refractivity contribution in [2.75, 3.05) is 46.4 Å². The van der Waals surface area contributed by atoms with Gasteiger partial charge in [-0.3, -0.25) is 14.5 Å². The standard InChI is InChI=1S/C21H30N6O3.HI/c1-4-22-21(27-11-12-30-19(15-27)17-13-25-26(2)14-17)24-10-9-23-20(28)16-5-7-18(29-3)8-6-16;/h5-8,13-14,19H,4,9-12,15H2,1-3H3,(H,22,24)(H,23,28);1H. The maximum atomic E-state index is 12.3. The topological polar surface area (TPSA) is 93.0 Å². The lowest BCUT2D eigenvalue weighted by Gasteiger charge is -2.34. The number of aryl methyl sites for hydroxylation is 1. The van der Waals surface area contributed by atoms with Crippen LogP contribution in [-0.2, 0) is 11.8 Å². The molecule has 1 aromatic carbocycles. The fraction of sp³-hybridized carbons (Fsp3) is 0.476. The fourth-order valence-electron chi connectivity index (χ4n) is 3.25. The van der Waals surface area contributed by atoms with Gasteiger partial charge in [-0.25, -0.2) is 0 Å². The molecule has 0 aliphatic carbocycles. The fourth-order valence-corrected chi connectivity index (χ4v) is 3.25. The molecule has 31 heavy (non-hydrogen) atoms. The molecule has 2 heterocycles. The van der Waals surface area contributed by atoms with Gasteiger partial charge in [-0.15, -0.1) is 24.0 Å². The predicted octanol–water partition coefficient (Wildman–Crippen LogP) is 1.82. The highest BCUT2D eigenvalue weighted by Gasteiger charge is 2.25. The lowest BCUT2D eigenvalue weighted by molar-refractivity contribution is -0.00803. The predicted molar refractivity (Wildman–Crippen MR) is 130 cm³/mol. The van der Waals surface area contributed by atoms with Gasteiger partial charge in [0.1, 0.15) is 11.9 Å². The third-order valence-electron chi connectivity index (χ3n) is 4.81. The summed E-state index contributed by atoms with van der Waals surface area (Å²) >= 11 is 0. The number of hydrogen-bond acceptors (Lipinski definition) is 5. The van der Waals surface area contributed by atoms with Crippen LogP contribution in [0.1, 0.15) is 28.9 Å². The number of rotatable bonds is 7. The number of methoxy groups -OCH3 is 1. The summed E-state index contributed by atoms with van der Waals surface area (Å²) in [5.41, 5.74) is 1.66. The lowest BCUT2D eigenvalue weighted by Crippen LogP contribution is -2.48. The van der Waals surface area contributed by atoms with Gasteiger partial charge in [-0.2, -0.15) is 5.10 Å². The van der Waals surface area contributed by atoms with Crippen LogP contribution in [0, 0.1) is 0 Å². The van der Waals surface area contributed by atoms with Gasteiger partial charge >= 0.3 is 0 Å². The van der Waals surface area contributed by atoms with Gasteiger partial charge in [0.2, 0.25) is 0 Å². The maximum Gasteiger partial charge on any atom is 0.251 e. The van der Waals surface area contributed by atoms with E-state index in [2.05, 4.69) is 25.6 Å². The van der Waals surface area contributed by atoms with Crippen LogP contribution in [0.5, 0.6) is 5.75 Å². The van der Waals surface area contributed by atoms with Crippen LogP contribution >= 0.6 is 24.0 Å². The number of morpholine rings is 1. The first-order chi connectivity index (χ1) is 14.6. The molecule has 1 atom stereocenters. The Kier molecular flexibility index (Phi) is 10.0. The van der Waals surface area contributed by atoms with Crippen molar-refractivity contribution in [1.82, 2.24) is 25.3 Å². The third kappa shape index (κ3) is 7.10. The van der Waals surface area contributed by atoms with Crippen LogP contribution in [-0.4, -0.2) is 73.0 Å². The highest BCUT2D eigenvalue weighted by Crippen LogP contribution is 2.21. The number of aromatic nitrogens is 2. The molecule has 1 aromatic heterocycles. The highest BCUT2D eigenvalue weighted by atomic mass is 127. The largest absolute Gasteiger partial charge is 0.497 e. The second-order valence-corrected chi connectivity index (χ2v) is 6.97. The number of guanidine groups is 1. The van der Waals surface area contributed by atoms with Gasteiger partial charge in [-0.1, -0.05) is 0 Å². The molecule has 0 radical (unpaired) electrons. The van der Waals surface area contributed by atoms with Crippen LogP contribution in [0.2, 0.25) is 0 Å². The molecule has 1 fully saturated rings. The molecule has 170 valence electrons. The van der Waals surface area contributed by atoms with Crippen LogP contribution in [0.3, 0.4) is 0 Å². The third-order valence-corrected chi connectivity index (χ3v) is 4.81. The van der Waals surface area contributed by atoms with Crippen LogP contribution in [0.15, 0.2) is 41.7 Å². The quantitative estimate of drug-likeness (QED) is 0.240. The Morgan fingerprint density at radius 1 is 1.32 bits per heavy atom. The number of benzene rings is 1. The van der Waals surface area contributed by atoms with E-state index in [-0.39, 0.29) is 36.0 Å². The molecule has 0 saturated carbocycles. The Balaban J connectivity index is 0.00000341. The number of hydrogen-bond donors (Lipinski definition) is 2. The summed E-state index contributed by atoms with van der Waals surface area (Å²) in [7, 11) is 3.50. The molecular formula is C21H31IN6O3. The minimum Gasteiger partial charge on any atom is -0.497 e. The first-order valence-electron chi connectivity index (χ1n) is 10.2. The van der Waals surface area contributed by atoms with E-state index in [1.165, 1.54) is 0 Å². The molecule has 3 rings (SSSR count). The number of nitrogens with one attached hydrogen (secondary N) is 2.